The number of aromatic nitrogens is 3. The first-order valence-electron chi connectivity index (χ1n) is 8.53. The van der Waals surface area contributed by atoms with Crippen LogP contribution in [0.15, 0.2) is 53.6 Å². The molecule has 3 rings (SSSR count). The maximum absolute atomic E-state index is 9.79. The number of anilines is 3. The number of rotatable bonds is 7. The van der Waals surface area contributed by atoms with Gasteiger partial charge in [0.25, 0.3) is 0 Å². The van der Waals surface area contributed by atoms with Crippen molar-refractivity contribution in [1.82, 2.24) is 15.0 Å². The lowest BCUT2D eigenvalue weighted by atomic mass is 10.2. The number of phenols is 2. The number of hydrogen-bond acceptors (Lipinski definition) is 9. The van der Waals surface area contributed by atoms with E-state index in [2.05, 4.69) is 30.8 Å². The van der Waals surface area contributed by atoms with E-state index >= 15 is 0 Å². The summed E-state index contributed by atoms with van der Waals surface area (Å²) in [4.78, 5) is 14.7. The molecule has 0 spiro atoms. The molecule has 0 aliphatic heterocycles. The number of phenolic OH excluding ortho intramolecular Hbond substituents is 2. The quantitative estimate of drug-likeness (QED) is 0.365. The van der Waals surface area contributed by atoms with Gasteiger partial charge in [-0.05, 0) is 17.7 Å². The third kappa shape index (κ3) is 5.07. The van der Waals surface area contributed by atoms with Gasteiger partial charge in [-0.1, -0.05) is 30.3 Å². The Hall–Kier alpha value is -3.88. The Bertz CT molecular complexity index is 962. The predicted molar refractivity (Wildman–Crippen MR) is 109 cm³/mol. The van der Waals surface area contributed by atoms with Gasteiger partial charge in [0.1, 0.15) is 11.5 Å². The van der Waals surface area contributed by atoms with Gasteiger partial charge in [0.05, 0.1) is 6.21 Å². The van der Waals surface area contributed by atoms with E-state index < -0.39 is 0 Å². The normalized spacial score (nSPS) is 10.8. The predicted octanol–water partition coefficient (Wildman–Crippen LogP) is 2.41. The molecule has 9 nitrogen and oxygen atoms in total. The lowest BCUT2D eigenvalue weighted by Crippen LogP contribution is -2.16. The molecular formula is C19H21N7O2. The summed E-state index contributed by atoms with van der Waals surface area (Å²) in [6.07, 6.45) is 1.41. The Morgan fingerprint density at radius 2 is 1.75 bits per heavy atom. The molecule has 9 heteroatoms. The SMILES string of the molecule is CN(C)c1nc(NCc2ccccc2)nc(NN=Cc2ccc(O)cc2O)n1. The molecule has 4 N–H and O–H groups in total. The molecule has 2 aromatic carbocycles. The van der Waals surface area contributed by atoms with Crippen molar-refractivity contribution < 1.29 is 10.2 Å². The molecule has 0 saturated carbocycles. The van der Waals surface area contributed by atoms with E-state index in [-0.39, 0.29) is 17.4 Å². The number of nitrogens with one attached hydrogen (secondary N) is 2. The maximum Gasteiger partial charge on any atom is 0.250 e. The highest BCUT2D eigenvalue weighted by molar-refractivity contribution is 5.84. The fourth-order valence-electron chi connectivity index (χ4n) is 2.27. The number of benzene rings is 2. The summed E-state index contributed by atoms with van der Waals surface area (Å²) in [7, 11) is 3.66. The zero-order valence-electron chi connectivity index (χ0n) is 15.5. The minimum atomic E-state index is -0.0830. The van der Waals surface area contributed by atoms with Gasteiger partial charge in [-0.3, -0.25) is 0 Å². The third-order valence-electron chi connectivity index (χ3n) is 3.70. The molecule has 3 aromatic rings. The second-order valence-corrected chi connectivity index (χ2v) is 6.13. The molecule has 0 aliphatic carbocycles. The van der Waals surface area contributed by atoms with Crippen molar-refractivity contribution in [1.29, 1.82) is 0 Å². The second-order valence-electron chi connectivity index (χ2n) is 6.13. The van der Waals surface area contributed by atoms with Crippen LogP contribution in [0.1, 0.15) is 11.1 Å². The molecule has 0 aliphatic rings. The van der Waals surface area contributed by atoms with Crippen LogP contribution in [-0.4, -0.2) is 45.5 Å². The smallest absolute Gasteiger partial charge is 0.250 e. The summed E-state index contributed by atoms with van der Waals surface area (Å²) in [5.41, 5.74) is 4.28. The highest BCUT2D eigenvalue weighted by Crippen LogP contribution is 2.21. The Balaban J connectivity index is 1.74. The molecule has 1 heterocycles. The molecule has 0 amide bonds. The van der Waals surface area contributed by atoms with Crippen molar-refractivity contribution in [3.63, 3.8) is 0 Å². The zero-order chi connectivity index (χ0) is 19.9. The average Bonchev–Trinajstić information content (AvgIpc) is 2.69. The average molecular weight is 379 g/mol. The van der Waals surface area contributed by atoms with Crippen LogP contribution in [0.25, 0.3) is 0 Å². The number of nitrogens with zero attached hydrogens (tertiary/aromatic N) is 5. The van der Waals surface area contributed by atoms with Gasteiger partial charge in [0, 0.05) is 32.3 Å². The van der Waals surface area contributed by atoms with Crippen molar-refractivity contribution in [3.05, 3.63) is 59.7 Å². The maximum atomic E-state index is 9.79. The van der Waals surface area contributed by atoms with Crippen LogP contribution in [0.4, 0.5) is 17.8 Å². The molecule has 28 heavy (non-hydrogen) atoms. The molecule has 144 valence electrons. The van der Waals surface area contributed by atoms with Crippen LogP contribution in [0.5, 0.6) is 11.5 Å². The van der Waals surface area contributed by atoms with Crippen molar-refractivity contribution in [3.8, 4) is 11.5 Å². The lowest BCUT2D eigenvalue weighted by molar-refractivity contribution is 0.450. The first kappa shape index (κ1) is 18.9. The van der Waals surface area contributed by atoms with Crippen LogP contribution >= 0.6 is 0 Å². The monoisotopic (exact) mass is 379 g/mol. The third-order valence-corrected chi connectivity index (χ3v) is 3.70. The lowest BCUT2D eigenvalue weighted by Gasteiger charge is -2.13. The Kier molecular flexibility index (Phi) is 5.85. The molecule has 0 bridgehead atoms. The summed E-state index contributed by atoms with van der Waals surface area (Å²) >= 11 is 0. The first-order valence-corrected chi connectivity index (χ1v) is 8.53. The van der Waals surface area contributed by atoms with E-state index in [1.54, 1.807) is 11.0 Å². The fourth-order valence-corrected chi connectivity index (χ4v) is 2.27. The Labute approximate surface area is 162 Å². The van der Waals surface area contributed by atoms with Crippen molar-refractivity contribution in [2.45, 2.75) is 6.54 Å². The van der Waals surface area contributed by atoms with Crippen LogP contribution in [0, 0.1) is 0 Å². The zero-order valence-corrected chi connectivity index (χ0v) is 15.5. The molecule has 0 atom stereocenters. The van der Waals surface area contributed by atoms with E-state index in [1.165, 1.54) is 18.3 Å². The molecule has 1 aromatic heterocycles. The van der Waals surface area contributed by atoms with Crippen molar-refractivity contribution >= 4 is 24.1 Å². The van der Waals surface area contributed by atoms with E-state index in [9.17, 15) is 10.2 Å². The number of aromatic hydroxyl groups is 2. The number of hydrogen-bond donors (Lipinski definition) is 4. The van der Waals surface area contributed by atoms with E-state index in [0.717, 1.165) is 5.56 Å². The van der Waals surface area contributed by atoms with E-state index in [1.807, 2.05) is 44.4 Å². The van der Waals surface area contributed by atoms with Gasteiger partial charge in [0.2, 0.25) is 17.8 Å². The largest absolute Gasteiger partial charge is 0.508 e. The molecule has 0 radical (unpaired) electrons. The van der Waals surface area contributed by atoms with Crippen LogP contribution in [-0.2, 0) is 6.54 Å². The molecule has 0 unspecified atom stereocenters. The first-order chi connectivity index (χ1) is 13.5. The number of hydrazone groups is 1. The standard InChI is InChI=1S/C19H21N7O2/c1-26(2)19-23-17(20-11-13-6-4-3-5-7-13)22-18(24-19)25-21-12-14-8-9-15(27)10-16(14)28/h3-10,12,27-28H,11H2,1-2H3,(H2,20,22,23,24,25). The van der Waals surface area contributed by atoms with E-state index in [0.29, 0.717) is 24.0 Å². The topological polar surface area (TPSA) is 119 Å². The molecule has 0 fully saturated rings. The highest BCUT2D eigenvalue weighted by atomic mass is 16.3. The van der Waals surface area contributed by atoms with Gasteiger partial charge in [-0.25, -0.2) is 5.43 Å². The fraction of sp³-hybridized carbons (Fsp3) is 0.158. The van der Waals surface area contributed by atoms with Gasteiger partial charge in [-0.2, -0.15) is 20.1 Å². The summed E-state index contributed by atoms with van der Waals surface area (Å²) in [5, 5.41) is 26.3. The molecule has 0 saturated heterocycles. The highest BCUT2D eigenvalue weighted by Gasteiger charge is 2.08. The molecular weight excluding hydrogens is 358 g/mol. The summed E-state index contributed by atoms with van der Waals surface area (Å²) < 4.78 is 0. The van der Waals surface area contributed by atoms with Gasteiger partial charge in [0.15, 0.2) is 0 Å². The van der Waals surface area contributed by atoms with Crippen LogP contribution in [0.3, 0.4) is 0 Å². The van der Waals surface area contributed by atoms with Gasteiger partial charge < -0.3 is 20.4 Å². The van der Waals surface area contributed by atoms with Crippen molar-refractivity contribution in [2.75, 3.05) is 29.7 Å². The van der Waals surface area contributed by atoms with Crippen LogP contribution in [0.2, 0.25) is 0 Å². The Morgan fingerprint density at radius 3 is 2.46 bits per heavy atom. The van der Waals surface area contributed by atoms with E-state index in [4.69, 9.17) is 0 Å². The van der Waals surface area contributed by atoms with Crippen molar-refractivity contribution in [2.24, 2.45) is 5.10 Å². The summed E-state index contributed by atoms with van der Waals surface area (Å²) in [5.74, 6) is 1.03. The minimum Gasteiger partial charge on any atom is -0.508 e. The van der Waals surface area contributed by atoms with Gasteiger partial charge >= 0.3 is 0 Å². The summed E-state index contributed by atoms with van der Waals surface area (Å²) in [6, 6.07) is 14.2. The Morgan fingerprint density at radius 1 is 1.00 bits per heavy atom. The minimum absolute atomic E-state index is 0.0233. The van der Waals surface area contributed by atoms with Crippen LogP contribution < -0.4 is 15.6 Å². The summed E-state index contributed by atoms with van der Waals surface area (Å²) in [6.45, 7) is 0.571. The second kappa shape index (κ2) is 8.67. The van der Waals surface area contributed by atoms with Gasteiger partial charge in [-0.15, -0.1) is 0 Å².